The van der Waals surface area contributed by atoms with Gasteiger partial charge < -0.3 is 28.4 Å². The van der Waals surface area contributed by atoms with Crippen molar-refractivity contribution in [2.75, 3.05) is 21.3 Å². The minimum absolute atomic E-state index is 0.204. The molecule has 0 spiro atoms. The lowest BCUT2D eigenvalue weighted by Gasteiger charge is -2.10. The van der Waals surface area contributed by atoms with E-state index in [9.17, 15) is 14.4 Å². The van der Waals surface area contributed by atoms with E-state index in [0.29, 0.717) is 45.1 Å². The zero-order chi connectivity index (χ0) is 33.6. The van der Waals surface area contributed by atoms with Gasteiger partial charge in [0.25, 0.3) is 0 Å². The van der Waals surface area contributed by atoms with Crippen molar-refractivity contribution in [2.45, 2.75) is 0 Å². The van der Waals surface area contributed by atoms with E-state index in [1.54, 1.807) is 112 Å². The van der Waals surface area contributed by atoms with Gasteiger partial charge in [0, 0.05) is 21.0 Å². The molecule has 240 valence electrons. The lowest BCUT2D eigenvalue weighted by Crippen LogP contribution is -2.10. The highest BCUT2D eigenvalue weighted by atomic mass is 32.1. The monoisotopic (exact) mass is 660 g/mol. The molecule has 0 fully saturated rings. The number of carbonyl (C=O) groups is 3. The van der Waals surface area contributed by atoms with Crippen LogP contribution in [0.5, 0.6) is 34.5 Å². The number of esters is 3. The number of methoxy groups -OCH3 is 3. The molecule has 6 rings (SSSR count). The van der Waals surface area contributed by atoms with Gasteiger partial charge in [-0.2, -0.15) is 0 Å². The van der Waals surface area contributed by atoms with Gasteiger partial charge in [-0.3, -0.25) is 0 Å². The van der Waals surface area contributed by atoms with Crippen molar-refractivity contribution in [3.8, 4) is 44.9 Å². The van der Waals surface area contributed by atoms with Crippen LogP contribution in [-0.2, 0) is 0 Å². The van der Waals surface area contributed by atoms with Crippen molar-refractivity contribution in [1.29, 1.82) is 0 Å². The second-order valence-corrected chi connectivity index (χ2v) is 11.4. The predicted octanol–water partition coefficient (Wildman–Crippen LogP) is 8.25. The maximum atomic E-state index is 13.2. The van der Waals surface area contributed by atoms with Crippen LogP contribution in [0, 0.1) is 0 Å². The fourth-order valence-electron chi connectivity index (χ4n) is 4.73. The molecule has 1 heterocycles. The van der Waals surface area contributed by atoms with Crippen LogP contribution >= 0.6 is 11.3 Å². The third-order valence-corrected chi connectivity index (χ3v) is 8.44. The summed E-state index contributed by atoms with van der Waals surface area (Å²) in [4.78, 5) is 39.7. The first-order valence-electron chi connectivity index (χ1n) is 14.6. The van der Waals surface area contributed by atoms with Gasteiger partial charge in [0.2, 0.25) is 0 Å². The lowest BCUT2D eigenvalue weighted by molar-refractivity contribution is 0.0721. The van der Waals surface area contributed by atoms with Crippen LogP contribution in [0.15, 0.2) is 115 Å². The summed E-state index contributed by atoms with van der Waals surface area (Å²) in [6, 6.07) is 31.9. The molecule has 0 aliphatic rings. The fraction of sp³-hybridized carbons (Fsp3) is 0.0789. The molecule has 6 aromatic rings. The van der Waals surface area contributed by atoms with Crippen LogP contribution in [0.25, 0.3) is 20.5 Å². The van der Waals surface area contributed by atoms with E-state index in [1.165, 1.54) is 17.4 Å². The summed E-state index contributed by atoms with van der Waals surface area (Å²) in [6.45, 7) is 0. The molecule has 1 aromatic heterocycles. The number of benzene rings is 5. The smallest absolute Gasteiger partial charge is 0.343 e. The minimum atomic E-state index is -0.589. The lowest BCUT2D eigenvalue weighted by atomic mass is 10.1. The third-order valence-electron chi connectivity index (χ3n) is 7.31. The highest BCUT2D eigenvalue weighted by Crippen LogP contribution is 2.41. The molecular weight excluding hydrogens is 632 g/mol. The Labute approximate surface area is 279 Å². The standard InChI is InChI=1S/C38H28O9S/c1-42-27-12-6-24(7-13-27)36(39)45-30-18-4-23(5-19-30)34-22-32-33(47-38(41)26-10-16-29(44-3)17-11-26)20-31(21-35(32)48-34)46-37(40)25-8-14-28(43-2)15-9-25/h4-22H,1-3H3. The van der Waals surface area contributed by atoms with Crippen molar-refractivity contribution in [2.24, 2.45) is 0 Å². The average Bonchev–Trinajstić information content (AvgIpc) is 3.56. The van der Waals surface area contributed by atoms with Crippen molar-refractivity contribution < 1.29 is 42.8 Å². The predicted molar refractivity (Wildman–Crippen MR) is 181 cm³/mol. The summed E-state index contributed by atoms with van der Waals surface area (Å²) < 4.78 is 33.4. The van der Waals surface area contributed by atoms with Crippen molar-refractivity contribution >= 4 is 39.3 Å². The maximum Gasteiger partial charge on any atom is 0.343 e. The molecule has 9 nitrogen and oxygen atoms in total. The molecule has 0 radical (unpaired) electrons. The zero-order valence-corrected chi connectivity index (χ0v) is 26.9. The zero-order valence-electron chi connectivity index (χ0n) is 26.1. The molecule has 0 saturated heterocycles. The number of thiophene rings is 1. The van der Waals surface area contributed by atoms with E-state index in [-0.39, 0.29) is 11.5 Å². The van der Waals surface area contributed by atoms with Crippen LogP contribution in [0.1, 0.15) is 31.1 Å². The highest BCUT2D eigenvalue weighted by molar-refractivity contribution is 7.22. The number of carbonyl (C=O) groups excluding carboxylic acids is 3. The number of ether oxygens (including phenoxy) is 6. The second-order valence-electron chi connectivity index (χ2n) is 10.3. The normalized spacial score (nSPS) is 10.6. The Bertz CT molecular complexity index is 2080. The first-order chi connectivity index (χ1) is 23.3. The van der Waals surface area contributed by atoms with E-state index in [4.69, 9.17) is 28.4 Å². The molecule has 0 aliphatic heterocycles. The first-order valence-corrected chi connectivity index (χ1v) is 15.4. The Balaban J connectivity index is 1.28. The van der Waals surface area contributed by atoms with Crippen molar-refractivity contribution in [1.82, 2.24) is 0 Å². The van der Waals surface area contributed by atoms with Crippen LogP contribution in [0.2, 0.25) is 0 Å². The molecule has 0 aliphatic carbocycles. The summed E-state index contributed by atoms with van der Waals surface area (Å²) in [5.74, 6) is 0.985. The van der Waals surface area contributed by atoms with E-state index < -0.39 is 17.9 Å². The Morgan fingerprint density at radius 1 is 0.458 bits per heavy atom. The Morgan fingerprint density at radius 3 is 1.33 bits per heavy atom. The summed E-state index contributed by atoms with van der Waals surface area (Å²) in [5.41, 5.74) is 1.88. The fourth-order valence-corrected chi connectivity index (χ4v) is 5.84. The Morgan fingerprint density at radius 2 is 0.875 bits per heavy atom. The molecule has 5 aromatic carbocycles. The number of rotatable bonds is 10. The highest BCUT2D eigenvalue weighted by Gasteiger charge is 2.18. The number of hydrogen-bond acceptors (Lipinski definition) is 10. The molecular formula is C38H28O9S. The molecule has 0 atom stereocenters. The van der Waals surface area contributed by atoms with Crippen LogP contribution in [0.3, 0.4) is 0 Å². The molecule has 0 N–H and O–H groups in total. The Kier molecular flexibility index (Phi) is 9.35. The van der Waals surface area contributed by atoms with Gasteiger partial charge in [-0.05, 0) is 115 Å². The molecule has 0 bridgehead atoms. The van der Waals surface area contributed by atoms with Gasteiger partial charge >= 0.3 is 17.9 Å². The minimum Gasteiger partial charge on any atom is -0.497 e. The molecule has 0 amide bonds. The maximum absolute atomic E-state index is 13.2. The van der Waals surface area contributed by atoms with Gasteiger partial charge in [-0.1, -0.05) is 0 Å². The quantitative estimate of drug-likeness (QED) is 0.106. The largest absolute Gasteiger partial charge is 0.497 e. The van der Waals surface area contributed by atoms with E-state index >= 15 is 0 Å². The van der Waals surface area contributed by atoms with Gasteiger partial charge in [-0.25, -0.2) is 14.4 Å². The van der Waals surface area contributed by atoms with E-state index in [1.807, 2.05) is 18.2 Å². The van der Waals surface area contributed by atoms with Crippen LogP contribution in [-0.4, -0.2) is 39.2 Å². The number of hydrogen-bond donors (Lipinski definition) is 0. The van der Waals surface area contributed by atoms with Gasteiger partial charge in [-0.15, -0.1) is 11.3 Å². The van der Waals surface area contributed by atoms with E-state index in [2.05, 4.69) is 0 Å². The second kappa shape index (κ2) is 14.1. The van der Waals surface area contributed by atoms with E-state index in [0.717, 1.165) is 15.1 Å². The molecule has 48 heavy (non-hydrogen) atoms. The topological polar surface area (TPSA) is 107 Å². The third kappa shape index (κ3) is 7.14. The summed E-state index contributed by atoms with van der Waals surface area (Å²) >= 11 is 1.42. The molecule has 0 saturated carbocycles. The molecule has 10 heteroatoms. The SMILES string of the molecule is COc1ccc(C(=O)Oc2ccc(-c3cc4c(OC(=O)c5ccc(OC)cc5)cc(OC(=O)c5ccc(OC)cc5)cc4s3)cc2)cc1. The summed E-state index contributed by atoms with van der Waals surface area (Å²) in [6.07, 6.45) is 0. The summed E-state index contributed by atoms with van der Waals surface area (Å²) in [5, 5.41) is 0.649. The van der Waals surface area contributed by atoms with Gasteiger partial charge in [0.1, 0.15) is 34.5 Å². The van der Waals surface area contributed by atoms with Crippen LogP contribution in [0.4, 0.5) is 0 Å². The Hall–Kier alpha value is -6.13. The van der Waals surface area contributed by atoms with Crippen molar-refractivity contribution in [3.05, 3.63) is 132 Å². The molecule has 0 unspecified atom stereocenters. The first kappa shape index (κ1) is 31.8. The van der Waals surface area contributed by atoms with Gasteiger partial charge in [0.05, 0.1) is 38.0 Å². The van der Waals surface area contributed by atoms with Gasteiger partial charge in [0.15, 0.2) is 0 Å². The van der Waals surface area contributed by atoms with Crippen LogP contribution < -0.4 is 28.4 Å². The van der Waals surface area contributed by atoms with Crippen molar-refractivity contribution in [3.63, 3.8) is 0 Å². The number of fused-ring (bicyclic) bond motifs is 1. The summed E-state index contributed by atoms with van der Waals surface area (Å²) in [7, 11) is 4.64. The average molecular weight is 661 g/mol.